The normalized spacial score (nSPS) is 21.3. The molecule has 0 unspecified atom stereocenters. The number of ether oxygens (including phenoxy) is 3. The average Bonchev–Trinajstić information content (AvgIpc) is 3.42. The zero-order chi connectivity index (χ0) is 36.8. The highest BCUT2D eigenvalue weighted by Crippen LogP contribution is 2.41. The van der Waals surface area contributed by atoms with Crippen LogP contribution in [-0.2, 0) is 27.9 Å². The molecule has 49 heavy (non-hydrogen) atoms. The number of esters is 1. The Balaban J connectivity index is 1.86. The van der Waals surface area contributed by atoms with Gasteiger partial charge < -0.3 is 28.2 Å². The molecule has 3 rings (SSSR count). The van der Waals surface area contributed by atoms with E-state index >= 15 is 0 Å². The molecule has 0 saturated carbocycles. The largest absolute Gasteiger partial charge is 0.465 e. The fourth-order valence-corrected chi connectivity index (χ4v) is 12.7. The van der Waals surface area contributed by atoms with Crippen LogP contribution in [0.1, 0.15) is 88.5 Å². The van der Waals surface area contributed by atoms with Crippen molar-refractivity contribution in [1.29, 1.82) is 0 Å². The highest BCUT2D eigenvalue weighted by atomic mass is 28.4. The number of benzene rings is 2. The van der Waals surface area contributed by atoms with Crippen LogP contribution >= 0.6 is 0 Å². The topological polar surface area (TPSA) is 83.5 Å². The minimum atomic E-state index is -2.69. The van der Waals surface area contributed by atoms with E-state index < -0.39 is 46.7 Å². The van der Waals surface area contributed by atoms with Gasteiger partial charge in [0.15, 0.2) is 14.6 Å². The minimum Gasteiger partial charge on any atom is -0.465 e. The number of rotatable bonds is 15. The lowest BCUT2D eigenvalue weighted by Crippen LogP contribution is -2.66. The molecule has 1 aliphatic heterocycles. The summed E-state index contributed by atoms with van der Waals surface area (Å²) in [4.78, 5) is 12.6. The van der Waals surface area contributed by atoms with Gasteiger partial charge in [0, 0.05) is 26.6 Å². The third kappa shape index (κ3) is 10.4. The average molecular weight is 715 g/mol. The predicted octanol–water partition coefficient (Wildman–Crippen LogP) is 7.70. The second-order valence-corrected chi connectivity index (χ2v) is 26.7. The molecule has 0 spiro atoms. The Bertz CT molecular complexity index is 1260. The van der Waals surface area contributed by atoms with E-state index in [1.54, 1.807) is 7.11 Å². The first kappa shape index (κ1) is 41.6. The Kier molecular flexibility index (Phi) is 14.1. The van der Waals surface area contributed by atoms with Crippen molar-refractivity contribution >= 4 is 33.0 Å². The lowest BCUT2D eigenvalue weighted by atomic mass is 9.86. The van der Waals surface area contributed by atoms with Crippen molar-refractivity contribution in [3.63, 3.8) is 0 Å². The van der Waals surface area contributed by atoms with Crippen LogP contribution in [-0.4, -0.2) is 72.6 Å². The van der Waals surface area contributed by atoms with Crippen molar-refractivity contribution in [3.8, 4) is 0 Å². The molecular formula is C40H66O7Si2. The number of hydrogen-bond acceptors (Lipinski definition) is 7. The van der Waals surface area contributed by atoms with Crippen LogP contribution in [0.15, 0.2) is 60.7 Å². The van der Waals surface area contributed by atoms with Gasteiger partial charge >= 0.3 is 5.97 Å². The maximum Gasteiger partial charge on any atom is 0.311 e. The second-order valence-electron chi connectivity index (χ2n) is 17.7. The third-order valence-electron chi connectivity index (χ3n) is 10.5. The van der Waals surface area contributed by atoms with Gasteiger partial charge in [0.25, 0.3) is 8.32 Å². The smallest absolute Gasteiger partial charge is 0.311 e. The number of aliphatic hydroxyl groups excluding tert-OH is 1. The molecule has 0 amide bonds. The van der Waals surface area contributed by atoms with Gasteiger partial charge in [0.05, 0.1) is 24.2 Å². The summed E-state index contributed by atoms with van der Waals surface area (Å²) in [5, 5.41) is 14.4. The Labute approximate surface area is 299 Å². The van der Waals surface area contributed by atoms with Crippen LogP contribution in [0.4, 0.5) is 0 Å². The van der Waals surface area contributed by atoms with Gasteiger partial charge in [0.1, 0.15) is 6.10 Å². The minimum absolute atomic E-state index is 0.0281. The molecule has 0 aromatic heterocycles. The number of carbonyl (C=O) groups is 1. The van der Waals surface area contributed by atoms with E-state index in [0.29, 0.717) is 19.4 Å². The molecule has 9 heteroatoms. The van der Waals surface area contributed by atoms with Gasteiger partial charge in [-0.3, -0.25) is 4.79 Å². The van der Waals surface area contributed by atoms with Gasteiger partial charge in [0.2, 0.25) is 0 Å². The van der Waals surface area contributed by atoms with Crippen LogP contribution in [0.5, 0.6) is 0 Å². The van der Waals surface area contributed by atoms with E-state index in [2.05, 4.69) is 122 Å². The van der Waals surface area contributed by atoms with E-state index in [4.69, 9.17) is 23.1 Å². The summed E-state index contributed by atoms with van der Waals surface area (Å²) in [5.74, 6) is -0.0504. The first-order chi connectivity index (χ1) is 22.6. The van der Waals surface area contributed by atoms with Crippen molar-refractivity contribution < 1.29 is 33.0 Å². The van der Waals surface area contributed by atoms with Gasteiger partial charge in [-0.25, -0.2) is 0 Å². The summed E-state index contributed by atoms with van der Waals surface area (Å²) < 4.78 is 31.9. The fourth-order valence-electron chi connectivity index (χ4n) is 6.63. The van der Waals surface area contributed by atoms with Crippen LogP contribution in [0.25, 0.3) is 0 Å². The number of methoxy groups -OCH3 is 1. The van der Waals surface area contributed by atoms with Crippen molar-refractivity contribution in [2.45, 2.75) is 136 Å². The standard InChI is InChI=1S/C40H66O7Si2/c1-29(28-45-49(40(8,9)10,31-20-16-14-17-21-31)32-22-18-15-19-23-32)26-30-27-34(43-11)46-36(30)35(41)33(47-48(12,13)39(5,6)7)24-25-44-37(42)38(2,3)4/h14-23,29-30,33-36,41H,24-28H2,1-13H3/t29-,30-,33-,34+,35+,36+/m1/s1. The second kappa shape index (κ2) is 16.7. The quantitative estimate of drug-likeness (QED) is 0.150. The molecule has 6 atom stereocenters. The number of aliphatic hydroxyl groups is 1. The van der Waals surface area contributed by atoms with Crippen LogP contribution in [0, 0.1) is 17.3 Å². The summed E-state index contributed by atoms with van der Waals surface area (Å²) in [6.45, 7) is 26.3. The highest BCUT2D eigenvalue weighted by molar-refractivity contribution is 6.99. The van der Waals surface area contributed by atoms with Gasteiger partial charge in [-0.15, -0.1) is 0 Å². The van der Waals surface area contributed by atoms with Crippen molar-refractivity contribution in [2.75, 3.05) is 20.3 Å². The van der Waals surface area contributed by atoms with Gasteiger partial charge in [-0.05, 0) is 72.6 Å². The van der Waals surface area contributed by atoms with Crippen LogP contribution in [0.2, 0.25) is 23.2 Å². The molecule has 7 nitrogen and oxygen atoms in total. The molecule has 1 aliphatic rings. The van der Waals surface area contributed by atoms with E-state index in [1.165, 1.54) is 10.4 Å². The molecule has 1 heterocycles. The first-order valence-corrected chi connectivity index (χ1v) is 22.9. The number of hydrogen-bond donors (Lipinski definition) is 1. The van der Waals surface area contributed by atoms with Gasteiger partial charge in [-0.1, -0.05) is 109 Å². The molecule has 0 radical (unpaired) electrons. The summed E-state index contributed by atoms with van der Waals surface area (Å²) in [6.07, 6.45) is -0.529. The molecule has 2 aromatic carbocycles. The molecule has 1 saturated heterocycles. The Hall–Kier alpha value is -1.86. The molecule has 0 aliphatic carbocycles. The van der Waals surface area contributed by atoms with E-state index in [1.807, 2.05) is 20.8 Å². The fraction of sp³-hybridized carbons (Fsp3) is 0.675. The van der Waals surface area contributed by atoms with E-state index in [0.717, 1.165) is 6.42 Å². The zero-order valence-electron chi connectivity index (χ0n) is 32.7. The predicted molar refractivity (Wildman–Crippen MR) is 204 cm³/mol. The Morgan fingerprint density at radius 2 is 1.43 bits per heavy atom. The number of carbonyl (C=O) groups excluding carboxylic acids is 1. The van der Waals surface area contributed by atoms with E-state index in [-0.39, 0.29) is 34.5 Å². The monoisotopic (exact) mass is 714 g/mol. The third-order valence-corrected chi connectivity index (χ3v) is 20.0. The van der Waals surface area contributed by atoms with Crippen LogP contribution < -0.4 is 10.4 Å². The molecule has 2 aromatic rings. The summed E-state index contributed by atoms with van der Waals surface area (Å²) >= 11 is 0. The summed E-state index contributed by atoms with van der Waals surface area (Å²) in [5.41, 5.74) is -0.605. The molecule has 1 fully saturated rings. The molecule has 276 valence electrons. The van der Waals surface area contributed by atoms with Gasteiger partial charge in [-0.2, -0.15) is 0 Å². The lowest BCUT2D eigenvalue weighted by molar-refractivity contribution is -0.162. The summed E-state index contributed by atoms with van der Waals surface area (Å²) in [7, 11) is -3.33. The van der Waals surface area contributed by atoms with Crippen molar-refractivity contribution in [1.82, 2.24) is 0 Å². The molecule has 0 bridgehead atoms. The maximum absolute atomic E-state index is 12.6. The van der Waals surface area contributed by atoms with Crippen LogP contribution in [0.3, 0.4) is 0 Å². The zero-order valence-corrected chi connectivity index (χ0v) is 34.7. The molecule has 1 N–H and O–H groups in total. The molecular weight excluding hydrogens is 649 g/mol. The first-order valence-electron chi connectivity index (χ1n) is 18.1. The summed E-state index contributed by atoms with van der Waals surface area (Å²) in [6, 6.07) is 21.4. The maximum atomic E-state index is 12.6. The Morgan fingerprint density at radius 1 is 0.898 bits per heavy atom. The highest BCUT2D eigenvalue weighted by Gasteiger charge is 2.51. The van der Waals surface area contributed by atoms with Crippen molar-refractivity contribution in [3.05, 3.63) is 60.7 Å². The van der Waals surface area contributed by atoms with Crippen molar-refractivity contribution in [2.24, 2.45) is 17.3 Å². The lowest BCUT2D eigenvalue weighted by Gasteiger charge is -2.44. The van der Waals surface area contributed by atoms with E-state index in [9.17, 15) is 9.90 Å². The Morgan fingerprint density at radius 3 is 1.88 bits per heavy atom. The SMILES string of the molecule is CO[C@@H]1C[C@@H](C[C@@H](C)CO[Si](c2ccccc2)(c2ccccc2)C(C)(C)C)[C@@H]([C@@H](O)[C@@H](CCOC(=O)C(C)(C)C)O[Si](C)(C)C(C)(C)C)O1.